The van der Waals surface area contributed by atoms with Crippen LogP contribution in [0.1, 0.15) is 85.3 Å². The lowest BCUT2D eigenvalue weighted by atomic mass is 9.94. The van der Waals surface area contributed by atoms with Crippen molar-refractivity contribution in [3.05, 3.63) is 71.3 Å². The van der Waals surface area contributed by atoms with Crippen molar-refractivity contribution < 1.29 is 14.4 Å². The lowest BCUT2D eigenvalue weighted by Crippen LogP contribution is -2.48. The van der Waals surface area contributed by atoms with Crippen LogP contribution in [0.2, 0.25) is 0 Å². The van der Waals surface area contributed by atoms with E-state index in [-0.39, 0.29) is 29.8 Å². The number of Topliss-reactive ketones (excluding diaryl/α,β-unsaturated/α-hetero) is 1. The molecule has 0 bridgehead atoms. The second-order valence-electron chi connectivity index (χ2n) is 12.1. The number of benzene rings is 2. The molecule has 1 aliphatic carbocycles. The highest BCUT2D eigenvalue weighted by Crippen LogP contribution is 2.38. The fourth-order valence-corrected chi connectivity index (χ4v) is 7.19. The third-order valence-corrected chi connectivity index (χ3v) is 9.54. The number of likely N-dealkylation sites (tertiary alicyclic amines) is 2. The summed E-state index contributed by atoms with van der Waals surface area (Å²) in [6, 6.07) is 19.6. The smallest absolute Gasteiger partial charge is 0.321 e. The van der Waals surface area contributed by atoms with E-state index < -0.39 is 0 Å². The van der Waals surface area contributed by atoms with Gasteiger partial charge in [-0.05, 0) is 48.9 Å². The first-order valence-electron chi connectivity index (χ1n) is 15.3. The molecule has 3 aliphatic heterocycles. The Kier molecular flexibility index (Phi) is 8.19. The van der Waals surface area contributed by atoms with E-state index in [1.807, 2.05) is 12.1 Å². The van der Waals surface area contributed by atoms with Crippen LogP contribution in [0.4, 0.5) is 4.79 Å². The van der Waals surface area contributed by atoms with Gasteiger partial charge in [-0.25, -0.2) is 4.79 Å². The van der Waals surface area contributed by atoms with Crippen LogP contribution in [0.5, 0.6) is 0 Å². The Bertz CT molecular complexity index is 1180. The molecular weight excluding hydrogens is 500 g/mol. The number of carbonyl (C=O) groups excluding carboxylic acids is 3. The van der Waals surface area contributed by atoms with Gasteiger partial charge < -0.3 is 14.7 Å². The van der Waals surface area contributed by atoms with Gasteiger partial charge in [-0.1, -0.05) is 61.7 Å². The van der Waals surface area contributed by atoms with Crippen molar-refractivity contribution in [2.45, 2.75) is 82.5 Å². The van der Waals surface area contributed by atoms with Crippen LogP contribution in [0.15, 0.2) is 54.6 Å². The Morgan fingerprint density at radius 1 is 0.750 bits per heavy atom. The van der Waals surface area contributed by atoms with Crippen molar-refractivity contribution in [2.75, 3.05) is 32.7 Å². The zero-order valence-corrected chi connectivity index (χ0v) is 23.5. The van der Waals surface area contributed by atoms with E-state index in [2.05, 4.69) is 57.2 Å². The van der Waals surface area contributed by atoms with Gasteiger partial charge in [0.1, 0.15) is 5.78 Å². The topological polar surface area (TPSA) is 64.2 Å². The van der Waals surface area contributed by atoms with Gasteiger partial charge in [-0.3, -0.25) is 14.5 Å². The van der Waals surface area contributed by atoms with E-state index in [4.69, 9.17) is 0 Å². The van der Waals surface area contributed by atoms with Gasteiger partial charge in [0.2, 0.25) is 0 Å². The molecule has 6 rings (SSSR count). The highest BCUT2D eigenvalue weighted by atomic mass is 16.2. The predicted molar refractivity (Wildman–Crippen MR) is 155 cm³/mol. The Morgan fingerprint density at radius 2 is 1.43 bits per heavy atom. The maximum absolute atomic E-state index is 13.9. The molecule has 3 heterocycles. The highest BCUT2D eigenvalue weighted by molar-refractivity contribution is 5.95. The number of hydrogen-bond acceptors (Lipinski definition) is 4. The number of piperidine rings is 2. The number of amides is 3. The monoisotopic (exact) mass is 542 g/mol. The molecule has 3 saturated heterocycles. The summed E-state index contributed by atoms with van der Waals surface area (Å²) in [5.74, 6) is 0.264. The van der Waals surface area contributed by atoms with E-state index >= 15 is 0 Å². The standard InChI is InChI=1S/C33H42N4O3/c38-30-17-21-35(22-18-30)32(39)27-13-11-25(12-14-27)23-34-19-15-29(16-20-34)37-31(26-7-3-1-4-8-26)24-36(33(37)40)28-9-5-2-6-10-28/h1,3-4,7-8,11-14,28-29,31H,2,5-6,9-10,15-24H2. The number of ketones is 1. The molecule has 2 aromatic rings. The van der Waals surface area contributed by atoms with Crippen molar-refractivity contribution in [3.8, 4) is 0 Å². The first-order valence-corrected chi connectivity index (χ1v) is 15.3. The summed E-state index contributed by atoms with van der Waals surface area (Å²) >= 11 is 0. The first-order chi connectivity index (χ1) is 19.6. The maximum atomic E-state index is 13.9. The summed E-state index contributed by atoms with van der Waals surface area (Å²) in [6.07, 6.45) is 8.94. The molecule has 0 N–H and O–H groups in total. The number of urea groups is 1. The lowest BCUT2D eigenvalue weighted by Gasteiger charge is -2.39. The summed E-state index contributed by atoms with van der Waals surface area (Å²) < 4.78 is 0. The molecule has 0 aromatic heterocycles. The third kappa shape index (κ3) is 5.80. The first kappa shape index (κ1) is 27.0. The van der Waals surface area contributed by atoms with E-state index in [0.717, 1.165) is 51.9 Å². The lowest BCUT2D eigenvalue weighted by molar-refractivity contribution is -0.120. The molecule has 212 valence electrons. The Labute approximate surface area is 238 Å². The van der Waals surface area contributed by atoms with Crippen LogP contribution in [0, 0.1) is 0 Å². The quantitative estimate of drug-likeness (QED) is 0.499. The second kappa shape index (κ2) is 12.1. The summed E-state index contributed by atoms with van der Waals surface area (Å²) in [5.41, 5.74) is 3.15. The van der Waals surface area contributed by atoms with Gasteiger partial charge in [0, 0.05) is 69.8 Å². The van der Waals surface area contributed by atoms with Crippen molar-refractivity contribution >= 4 is 17.7 Å². The number of carbonyl (C=O) groups is 3. The molecule has 3 amide bonds. The zero-order valence-electron chi connectivity index (χ0n) is 23.5. The SMILES string of the molecule is O=C1CCN(C(=O)c2ccc(CN3CCC(N4C(=O)N(C5CCCCC5)CC4c4ccccc4)CC3)cc2)CC1. The maximum Gasteiger partial charge on any atom is 0.321 e. The third-order valence-electron chi connectivity index (χ3n) is 9.54. The van der Waals surface area contributed by atoms with E-state index in [0.29, 0.717) is 37.5 Å². The van der Waals surface area contributed by atoms with Gasteiger partial charge in [0.15, 0.2) is 0 Å². The average Bonchev–Trinajstić information content (AvgIpc) is 3.36. The molecule has 0 radical (unpaired) electrons. The predicted octanol–water partition coefficient (Wildman–Crippen LogP) is 5.27. The molecule has 1 unspecified atom stereocenters. The Morgan fingerprint density at radius 3 is 2.10 bits per heavy atom. The Hall–Kier alpha value is -3.19. The summed E-state index contributed by atoms with van der Waals surface area (Å²) in [7, 11) is 0. The van der Waals surface area contributed by atoms with E-state index in [1.54, 1.807) is 4.90 Å². The minimum atomic E-state index is 0.0189. The number of nitrogens with zero attached hydrogens (tertiary/aromatic N) is 4. The zero-order chi connectivity index (χ0) is 27.5. The van der Waals surface area contributed by atoms with Crippen molar-refractivity contribution in [1.82, 2.24) is 19.6 Å². The molecule has 2 aromatic carbocycles. The van der Waals surface area contributed by atoms with Gasteiger partial charge in [-0.2, -0.15) is 0 Å². The number of rotatable bonds is 6. The van der Waals surface area contributed by atoms with Crippen LogP contribution in [0.3, 0.4) is 0 Å². The minimum Gasteiger partial charge on any atom is -0.338 e. The van der Waals surface area contributed by atoms with Gasteiger partial charge in [0.25, 0.3) is 5.91 Å². The Balaban J connectivity index is 1.07. The van der Waals surface area contributed by atoms with Crippen LogP contribution in [-0.2, 0) is 11.3 Å². The molecule has 7 nitrogen and oxygen atoms in total. The molecule has 40 heavy (non-hydrogen) atoms. The van der Waals surface area contributed by atoms with Gasteiger partial charge in [-0.15, -0.1) is 0 Å². The summed E-state index contributed by atoms with van der Waals surface area (Å²) in [5, 5.41) is 0. The molecule has 4 aliphatic rings. The number of hydrogen-bond donors (Lipinski definition) is 0. The second-order valence-corrected chi connectivity index (χ2v) is 12.1. The fraction of sp³-hybridized carbons (Fsp3) is 0.545. The highest BCUT2D eigenvalue weighted by Gasteiger charge is 2.45. The van der Waals surface area contributed by atoms with Crippen LogP contribution < -0.4 is 0 Å². The van der Waals surface area contributed by atoms with Crippen molar-refractivity contribution in [2.24, 2.45) is 0 Å². The molecular formula is C33H42N4O3. The van der Waals surface area contributed by atoms with Crippen molar-refractivity contribution in [1.29, 1.82) is 0 Å². The normalized spacial score (nSPS) is 23.7. The molecule has 4 fully saturated rings. The average molecular weight is 543 g/mol. The molecule has 0 spiro atoms. The van der Waals surface area contributed by atoms with Crippen LogP contribution in [0.25, 0.3) is 0 Å². The van der Waals surface area contributed by atoms with E-state index in [9.17, 15) is 14.4 Å². The van der Waals surface area contributed by atoms with E-state index in [1.165, 1.54) is 30.4 Å². The van der Waals surface area contributed by atoms with Gasteiger partial charge in [0.05, 0.1) is 6.04 Å². The summed E-state index contributed by atoms with van der Waals surface area (Å²) in [4.78, 5) is 46.9. The molecule has 1 saturated carbocycles. The fourth-order valence-electron chi connectivity index (χ4n) is 7.19. The summed E-state index contributed by atoms with van der Waals surface area (Å²) in [6.45, 7) is 4.63. The minimum absolute atomic E-state index is 0.0189. The molecule has 1 atom stereocenters. The van der Waals surface area contributed by atoms with Crippen LogP contribution >= 0.6 is 0 Å². The largest absolute Gasteiger partial charge is 0.338 e. The molecule has 7 heteroatoms. The van der Waals surface area contributed by atoms with Crippen molar-refractivity contribution in [3.63, 3.8) is 0 Å². The van der Waals surface area contributed by atoms with Crippen LogP contribution in [-0.4, -0.2) is 82.1 Å². The van der Waals surface area contributed by atoms with Gasteiger partial charge >= 0.3 is 6.03 Å².